The summed E-state index contributed by atoms with van der Waals surface area (Å²) in [5.41, 5.74) is 0.522. The van der Waals surface area contributed by atoms with Gasteiger partial charge in [0, 0.05) is 18.3 Å². The molecule has 3 nitrogen and oxygen atoms in total. The Bertz CT molecular complexity index is 339. The number of hydrogen-bond donors (Lipinski definition) is 1. The molecule has 0 saturated carbocycles. The van der Waals surface area contributed by atoms with Crippen molar-refractivity contribution in [3.8, 4) is 0 Å². The molecule has 0 unspecified atom stereocenters. The fourth-order valence-corrected chi connectivity index (χ4v) is 1.11. The van der Waals surface area contributed by atoms with Crippen molar-refractivity contribution >= 4 is 17.5 Å². The van der Waals surface area contributed by atoms with E-state index in [0.717, 1.165) is 6.42 Å². The first-order valence-electron chi connectivity index (χ1n) is 4.24. The quantitative estimate of drug-likeness (QED) is 0.470. The molecule has 0 atom stereocenters. The average Bonchev–Trinajstić information content (AvgIpc) is 2.18. The van der Waals surface area contributed by atoms with Gasteiger partial charge in [0.15, 0.2) is 0 Å². The van der Waals surface area contributed by atoms with Gasteiger partial charge in [-0.1, -0.05) is 17.7 Å². The minimum atomic E-state index is -0.142. The van der Waals surface area contributed by atoms with E-state index in [0.29, 0.717) is 17.3 Å². The molecular formula is C10H11ClN2O. The first-order chi connectivity index (χ1) is 6.74. The number of rotatable bonds is 4. The summed E-state index contributed by atoms with van der Waals surface area (Å²) in [6.07, 6.45) is 4.01. The molecule has 0 aromatic carbocycles. The topological polar surface area (TPSA) is 42.0 Å². The summed E-state index contributed by atoms with van der Waals surface area (Å²) in [6.45, 7) is 4.15. The number of aromatic nitrogens is 1. The molecule has 1 N–H and O–H groups in total. The van der Waals surface area contributed by atoms with Crippen LogP contribution in [0.25, 0.3) is 0 Å². The molecule has 4 heteroatoms. The van der Waals surface area contributed by atoms with Gasteiger partial charge in [-0.25, -0.2) is 4.98 Å². The highest BCUT2D eigenvalue weighted by atomic mass is 35.5. The molecule has 0 saturated heterocycles. The summed E-state index contributed by atoms with van der Waals surface area (Å²) in [5.74, 6) is -0.142. The minimum Gasteiger partial charge on any atom is -0.352 e. The smallest absolute Gasteiger partial charge is 0.251 e. The Morgan fingerprint density at radius 1 is 1.71 bits per heavy atom. The van der Waals surface area contributed by atoms with Crippen LogP contribution in [0.2, 0.25) is 5.15 Å². The Kier molecular flexibility index (Phi) is 4.13. The van der Waals surface area contributed by atoms with E-state index in [1.165, 1.54) is 12.3 Å². The van der Waals surface area contributed by atoms with Gasteiger partial charge >= 0.3 is 0 Å². The van der Waals surface area contributed by atoms with E-state index in [-0.39, 0.29) is 5.91 Å². The van der Waals surface area contributed by atoms with Crippen LogP contribution in [0.3, 0.4) is 0 Å². The molecule has 14 heavy (non-hydrogen) atoms. The maximum Gasteiger partial charge on any atom is 0.251 e. The Hall–Kier alpha value is -1.35. The molecule has 74 valence electrons. The van der Waals surface area contributed by atoms with E-state index in [1.54, 1.807) is 12.1 Å². The van der Waals surface area contributed by atoms with Gasteiger partial charge in [-0.15, -0.1) is 6.58 Å². The summed E-state index contributed by atoms with van der Waals surface area (Å²) in [4.78, 5) is 15.2. The van der Waals surface area contributed by atoms with Crippen LogP contribution in [0, 0.1) is 0 Å². The molecule has 0 aliphatic rings. The zero-order valence-electron chi connectivity index (χ0n) is 7.66. The second-order valence-corrected chi connectivity index (χ2v) is 3.09. The number of carbonyl (C=O) groups is 1. The molecule has 0 radical (unpaired) electrons. The third-order valence-corrected chi connectivity index (χ3v) is 1.83. The Morgan fingerprint density at radius 2 is 2.50 bits per heavy atom. The van der Waals surface area contributed by atoms with Crippen LogP contribution < -0.4 is 5.32 Å². The molecule has 1 aromatic heterocycles. The predicted molar refractivity (Wildman–Crippen MR) is 56.4 cm³/mol. The maximum absolute atomic E-state index is 11.4. The summed E-state index contributed by atoms with van der Waals surface area (Å²) in [6, 6.07) is 3.15. The van der Waals surface area contributed by atoms with Crippen molar-refractivity contribution in [3.05, 3.63) is 41.7 Å². The van der Waals surface area contributed by atoms with Gasteiger partial charge < -0.3 is 5.32 Å². The number of nitrogens with zero attached hydrogens (tertiary/aromatic N) is 1. The molecule has 1 rings (SSSR count). The zero-order chi connectivity index (χ0) is 10.4. The highest BCUT2D eigenvalue weighted by Crippen LogP contribution is 2.06. The molecule has 1 aromatic rings. The van der Waals surface area contributed by atoms with Gasteiger partial charge in [0.25, 0.3) is 5.91 Å². The SMILES string of the molecule is C=CCCNC(=O)c1ccnc(Cl)c1. The number of carbonyl (C=O) groups excluding carboxylic acids is 1. The van der Waals surface area contributed by atoms with Crippen LogP contribution in [0.5, 0.6) is 0 Å². The second kappa shape index (κ2) is 5.40. The molecule has 1 amide bonds. The number of hydrogen-bond acceptors (Lipinski definition) is 2. The van der Waals surface area contributed by atoms with Crippen LogP contribution >= 0.6 is 11.6 Å². The molecule has 0 fully saturated rings. The van der Waals surface area contributed by atoms with Gasteiger partial charge in [-0.3, -0.25) is 4.79 Å². The largest absolute Gasteiger partial charge is 0.352 e. The molecule has 0 aliphatic carbocycles. The van der Waals surface area contributed by atoms with Crippen molar-refractivity contribution < 1.29 is 4.79 Å². The molecule has 0 aliphatic heterocycles. The first kappa shape index (κ1) is 10.7. The highest BCUT2D eigenvalue weighted by Gasteiger charge is 2.04. The van der Waals surface area contributed by atoms with Crippen molar-refractivity contribution in [2.75, 3.05) is 6.54 Å². The molecular weight excluding hydrogens is 200 g/mol. The van der Waals surface area contributed by atoms with Crippen LogP contribution in [-0.4, -0.2) is 17.4 Å². The second-order valence-electron chi connectivity index (χ2n) is 2.70. The van der Waals surface area contributed by atoms with Crippen molar-refractivity contribution in [2.45, 2.75) is 6.42 Å². The molecule has 0 bridgehead atoms. The van der Waals surface area contributed by atoms with E-state index in [1.807, 2.05) is 0 Å². The van der Waals surface area contributed by atoms with E-state index >= 15 is 0 Å². The van der Waals surface area contributed by atoms with E-state index < -0.39 is 0 Å². The normalized spacial score (nSPS) is 9.50. The Balaban J connectivity index is 2.56. The maximum atomic E-state index is 11.4. The average molecular weight is 211 g/mol. The van der Waals surface area contributed by atoms with Gasteiger partial charge in [-0.2, -0.15) is 0 Å². The van der Waals surface area contributed by atoms with Crippen LogP contribution in [0.4, 0.5) is 0 Å². The number of nitrogens with one attached hydrogen (secondary N) is 1. The van der Waals surface area contributed by atoms with Crippen molar-refractivity contribution in [1.82, 2.24) is 10.3 Å². The number of halogens is 1. The van der Waals surface area contributed by atoms with Crippen molar-refractivity contribution in [1.29, 1.82) is 0 Å². The van der Waals surface area contributed by atoms with E-state index in [9.17, 15) is 4.79 Å². The zero-order valence-corrected chi connectivity index (χ0v) is 8.42. The fraction of sp³-hybridized carbons (Fsp3) is 0.200. The summed E-state index contributed by atoms with van der Waals surface area (Å²) in [7, 11) is 0. The van der Waals surface area contributed by atoms with Crippen molar-refractivity contribution in [3.63, 3.8) is 0 Å². The fourth-order valence-electron chi connectivity index (χ4n) is 0.934. The van der Waals surface area contributed by atoms with Crippen LogP contribution in [-0.2, 0) is 0 Å². The van der Waals surface area contributed by atoms with Crippen LogP contribution in [0.15, 0.2) is 31.0 Å². The highest BCUT2D eigenvalue weighted by molar-refractivity contribution is 6.29. The summed E-state index contributed by atoms with van der Waals surface area (Å²) < 4.78 is 0. The Morgan fingerprint density at radius 3 is 3.14 bits per heavy atom. The van der Waals surface area contributed by atoms with Gasteiger partial charge in [0.2, 0.25) is 0 Å². The minimum absolute atomic E-state index is 0.142. The summed E-state index contributed by atoms with van der Waals surface area (Å²) >= 11 is 5.64. The molecule has 1 heterocycles. The summed E-state index contributed by atoms with van der Waals surface area (Å²) in [5, 5.41) is 3.05. The van der Waals surface area contributed by atoms with E-state index in [4.69, 9.17) is 11.6 Å². The van der Waals surface area contributed by atoms with Crippen molar-refractivity contribution in [2.24, 2.45) is 0 Å². The lowest BCUT2D eigenvalue weighted by atomic mass is 10.2. The third-order valence-electron chi connectivity index (χ3n) is 1.62. The number of pyridine rings is 1. The first-order valence-corrected chi connectivity index (χ1v) is 4.62. The lowest BCUT2D eigenvalue weighted by Crippen LogP contribution is -2.24. The van der Waals surface area contributed by atoms with E-state index in [2.05, 4.69) is 16.9 Å². The van der Waals surface area contributed by atoms with Gasteiger partial charge in [-0.05, 0) is 18.6 Å². The lowest BCUT2D eigenvalue weighted by Gasteiger charge is -2.02. The van der Waals surface area contributed by atoms with Gasteiger partial charge in [0.05, 0.1) is 0 Å². The van der Waals surface area contributed by atoms with Gasteiger partial charge in [0.1, 0.15) is 5.15 Å². The Labute approximate surface area is 87.8 Å². The lowest BCUT2D eigenvalue weighted by molar-refractivity contribution is 0.0954. The number of amides is 1. The van der Waals surface area contributed by atoms with Crippen LogP contribution in [0.1, 0.15) is 16.8 Å². The third kappa shape index (κ3) is 3.18. The molecule has 0 spiro atoms. The predicted octanol–water partition coefficient (Wildman–Crippen LogP) is 2.04. The monoisotopic (exact) mass is 210 g/mol. The standard InChI is InChI=1S/C10H11ClN2O/c1-2-3-5-13-10(14)8-4-6-12-9(11)7-8/h2,4,6-7H,1,3,5H2,(H,13,14).